The van der Waals surface area contributed by atoms with Gasteiger partial charge < -0.3 is 10.1 Å². The van der Waals surface area contributed by atoms with Crippen LogP contribution >= 0.6 is 15.9 Å². The van der Waals surface area contributed by atoms with Crippen molar-refractivity contribution in [2.45, 2.75) is 84.2 Å². The highest BCUT2D eigenvalue weighted by Crippen LogP contribution is 2.37. The summed E-state index contributed by atoms with van der Waals surface area (Å²) in [6.45, 7) is 7.64. The molecular weight excluding hydrogens is 478 g/mol. The molecule has 0 bridgehead atoms. The molecule has 5 heteroatoms. The van der Waals surface area contributed by atoms with Gasteiger partial charge in [0.25, 0.3) is 0 Å². The Kier molecular flexibility index (Phi) is 8.75. The molecule has 0 unspecified atom stereocenters. The van der Waals surface area contributed by atoms with Crippen LogP contribution in [0, 0.1) is 12.8 Å². The fourth-order valence-corrected chi connectivity index (χ4v) is 4.97. The highest BCUT2D eigenvalue weighted by molar-refractivity contribution is 9.10. The van der Waals surface area contributed by atoms with Crippen molar-refractivity contribution in [2.75, 3.05) is 5.32 Å². The van der Waals surface area contributed by atoms with E-state index in [1.54, 1.807) is 0 Å². The number of hydrogen-bond acceptors (Lipinski definition) is 3. The molecule has 0 aliphatic heterocycles. The van der Waals surface area contributed by atoms with Crippen LogP contribution in [0.2, 0.25) is 0 Å². The Balaban J connectivity index is 1.76. The Morgan fingerprint density at radius 3 is 2.36 bits per heavy atom. The number of aryl methyl sites for hydroxylation is 1. The van der Waals surface area contributed by atoms with Gasteiger partial charge in [-0.15, -0.1) is 0 Å². The molecule has 0 radical (unpaired) electrons. The lowest BCUT2D eigenvalue weighted by Gasteiger charge is -2.30. The largest absolute Gasteiger partial charge is 0.460 e. The van der Waals surface area contributed by atoms with Crippen LogP contribution in [0.5, 0.6) is 0 Å². The van der Waals surface area contributed by atoms with E-state index >= 15 is 0 Å². The lowest BCUT2D eigenvalue weighted by Crippen LogP contribution is -2.29. The average Bonchev–Trinajstić information content (AvgIpc) is 2.75. The third-order valence-corrected chi connectivity index (χ3v) is 6.88. The monoisotopic (exact) mass is 513 g/mol. The van der Waals surface area contributed by atoms with Crippen LogP contribution in [-0.4, -0.2) is 17.5 Å². The van der Waals surface area contributed by atoms with Gasteiger partial charge in [-0.25, -0.2) is 0 Å². The van der Waals surface area contributed by atoms with Crippen molar-refractivity contribution in [3.63, 3.8) is 0 Å². The summed E-state index contributed by atoms with van der Waals surface area (Å²) < 4.78 is 6.45. The molecule has 1 amide bonds. The molecule has 178 valence electrons. The summed E-state index contributed by atoms with van der Waals surface area (Å²) in [5.74, 6) is 0.0411. The van der Waals surface area contributed by atoms with Gasteiger partial charge in [-0.3, -0.25) is 9.59 Å². The number of carbonyl (C=O) groups is 2. The summed E-state index contributed by atoms with van der Waals surface area (Å²) in [5, 5.41) is 3.22. The lowest BCUT2D eigenvalue weighted by molar-refractivity contribution is -0.154. The van der Waals surface area contributed by atoms with Gasteiger partial charge in [0.1, 0.15) is 5.60 Å². The number of ether oxygens (including phenoxy) is 1. The lowest BCUT2D eigenvalue weighted by atomic mass is 9.76. The molecule has 1 fully saturated rings. The Morgan fingerprint density at radius 1 is 1.06 bits per heavy atom. The molecule has 33 heavy (non-hydrogen) atoms. The number of hydrogen-bond donors (Lipinski definition) is 1. The van der Waals surface area contributed by atoms with Gasteiger partial charge in [0.05, 0.1) is 5.92 Å². The standard InChI is InChI=1S/C28H36BrNO3/c1-19-20(15-18-25(31)33-28(2,3)4)11-8-12-24(19)30-27(32)26(21-9-6-5-7-10-21)22-13-16-23(29)17-14-22/h8,11-14,16-17,21,26H,5-7,9-10,15,18H2,1-4H3,(H,30,32)/t26-/m1/s1. The quantitative estimate of drug-likeness (QED) is 0.394. The Morgan fingerprint density at radius 2 is 1.73 bits per heavy atom. The number of anilines is 1. The summed E-state index contributed by atoms with van der Waals surface area (Å²) in [4.78, 5) is 25.7. The minimum absolute atomic E-state index is 0.0524. The van der Waals surface area contributed by atoms with Gasteiger partial charge in [0.2, 0.25) is 5.91 Å². The predicted molar refractivity (Wildman–Crippen MR) is 137 cm³/mol. The summed E-state index contributed by atoms with van der Waals surface area (Å²) in [7, 11) is 0. The van der Waals surface area contributed by atoms with Crippen molar-refractivity contribution in [1.29, 1.82) is 0 Å². The van der Waals surface area contributed by atoms with Crippen molar-refractivity contribution in [1.82, 2.24) is 0 Å². The van der Waals surface area contributed by atoms with Gasteiger partial charge in [0.15, 0.2) is 0 Å². The smallest absolute Gasteiger partial charge is 0.306 e. The maximum atomic E-state index is 13.6. The molecule has 3 rings (SSSR count). The van der Waals surface area contributed by atoms with E-state index in [1.807, 2.05) is 58.0 Å². The van der Waals surface area contributed by atoms with Crippen molar-refractivity contribution in [2.24, 2.45) is 5.92 Å². The first-order valence-electron chi connectivity index (χ1n) is 12.0. The third-order valence-electron chi connectivity index (χ3n) is 6.36. The van der Waals surface area contributed by atoms with Crippen LogP contribution in [0.4, 0.5) is 5.69 Å². The van der Waals surface area contributed by atoms with E-state index in [-0.39, 0.29) is 17.8 Å². The van der Waals surface area contributed by atoms with E-state index in [0.717, 1.165) is 39.7 Å². The topological polar surface area (TPSA) is 55.4 Å². The van der Waals surface area contributed by atoms with E-state index in [1.165, 1.54) is 19.3 Å². The van der Waals surface area contributed by atoms with Gasteiger partial charge in [0, 0.05) is 16.6 Å². The molecule has 0 saturated heterocycles. The molecule has 1 saturated carbocycles. The fraction of sp³-hybridized carbons (Fsp3) is 0.500. The number of benzene rings is 2. The Hall–Kier alpha value is -2.14. The van der Waals surface area contributed by atoms with Crippen molar-refractivity contribution >= 4 is 33.5 Å². The predicted octanol–water partition coefficient (Wildman–Crippen LogP) is 7.33. The van der Waals surface area contributed by atoms with Crippen LogP contribution in [0.3, 0.4) is 0 Å². The Bertz CT molecular complexity index is 956. The molecule has 1 aliphatic carbocycles. The number of rotatable bonds is 7. The first kappa shape index (κ1) is 25.5. The molecule has 1 N–H and O–H groups in total. The normalized spacial score (nSPS) is 15.7. The summed E-state index contributed by atoms with van der Waals surface area (Å²) in [5.41, 5.74) is 3.47. The van der Waals surface area contributed by atoms with Crippen LogP contribution in [-0.2, 0) is 20.7 Å². The van der Waals surface area contributed by atoms with Crippen LogP contribution in [0.25, 0.3) is 0 Å². The zero-order valence-electron chi connectivity index (χ0n) is 20.2. The number of carbonyl (C=O) groups excluding carboxylic acids is 2. The third kappa shape index (κ3) is 7.43. The molecule has 0 heterocycles. The van der Waals surface area contributed by atoms with Gasteiger partial charge >= 0.3 is 5.97 Å². The summed E-state index contributed by atoms with van der Waals surface area (Å²) >= 11 is 3.51. The van der Waals surface area contributed by atoms with Crippen molar-refractivity contribution in [3.05, 3.63) is 63.6 Å². The molecule has 4 nitrogen and oxygen atoms in total. The number of halogens is 1. The van der Waals surface area contributed by atoms with Crippen LogP contribution in [0.1, 0.15) is 81.9 Å². The highest BCUT2D eigenvalue weighted by atomic mass is 79.9. The molecular formula is C28H36BrNO3. The number of esters is 1. The van der Waals surface area contributed by atoms with Crippen LogP contribution < -0.4 is 5.32 Å². The summed E-state index contributed by atoms with van der Waals surface area (Å²) in [6, 6.07) is 14.1. The van der Waals surface area contributed by atoms with Gasteiger partial charge in [-0.05, 0) is 87.8 Å². The Labute approximate surface area is 206 Å². The zero-order valence-corrected chi connectivity index (χ0v) is 21.8. The van der Waals surface area contributed by atoms with Crippen molar-refractivity contribution < 1.29 is 14.3 Å². The van der Waals surface area contributed by atoms with Crippen LogP contribution in [0.15, 0.2) is 46.9 Å². The minimum atomic E-state index is -0.483. The maximum absolute atomic E-state index is 13.6. The number of amides is 1. The SMILES string of the molecule is Cc1c(CCC(=O)OC(C)(C)C)cccc1NC(=O)[C@@H](c1ccc(Br)cc1)C1CCCCC1. The average molecular weight is 515 g/mol. The zero-order chi connectivity index (χ0) is 24.0. The molecule has 2 aromatic carbocycles. The highest BCUT2D eigenvalue weighted by Gasteiger charge is 2.31. The number of nitrogens with one attached hydrogen (secondary N) is 1. The molecule has 1 aliphatic rings. The van der Waals surface area contributed by atoms with E-state index in [0.29, 0.717) is 18.8 Å². The van der Waals surface area contributed by atoms with E-state index in [2.05, 4.69) is 33.4 Å². The van der Waals surface area contributed by atoms with Gasteiger partial charge in [-0.2, -0.15) is 0 Å². The minimum Gasteiger partial charge on any atom is -0.460 e. The molecule has 0 spiro atoms. The second-order valence-corrected chi connectivity index (χ2v) is 11.0. The van der Waals surface area contributed by atoms with Crippen molar-refractivity contribution in [3.8, 4) is 0 Å². The maximum Gasteiger partial charge on any atom is 0.306 e. The first-order valence-corrected chi connectivity index (χ1v) is 12.8. The molecule has 2 aromatic rings. The second kappa shape index (κ2) is 11.3. The van der Waals surface area contributed by atoms with Gasteiger partial charge in [-0.1, -0.05) is 59.5 Å². The first-order chi connectivity index (χ1) is 15.6. The summed E-state index contributed by atoms with van der Waals surface area (Å²) in [6.07, 6.45) is 6.70. The van der Waals surface area contributed by atoms with E-state index < -0.39 is 5.60 Å². The molecule has 0 aromatic heterocycles. The fourth-order valence-electron chi connectivity index (χ4n) is 4.70. The molecule has 1 atom stereocenters. The van der Waals surface area contributed by atoms with E-state index in [9.17, 15) is 9.59 Å². The second-order valence-electron chi connectivity index (χ2n) is 10.1. The van der Waals surface area contributed by atoms with E-state index in [4.69, 9.17) is 4.74 Å².